The van der Waals surface area contributed by atoms with Crippen molar-refractivity contribution in [2.24, 2.45) is 0 Å². The molecule has 0 radical (unpaired) electrons. The first-order valence-corrected chi connectivity index (χ1v) is 11.2. The summed E-state index contributed by atoms with van der Waals surface area (Å²) in [4.78, 5) is 27.6. The molecule has 0 spiro atoms. The molecule has 9 nitrogen and oxygen atoms in total. The average Bonchev–Trinajstić information content (AvgIpc) is 3.09. The largest absolute Gasteiger partial charge is 0.480 e. The van der Waals surface area contributed by atoms with Crippen molar-refractivity contribution in [1.82, 2.24) is 15.0 Å². The third-order valence-corrected chi connectivity index (χ3v) is 5.56. The number of nitriles is 1. The summed E-state index contributed by atoms with van der Waals surface area (Å²) in [5.41, 5.74) is 2.86. The molecule has 1 aliphatic heterocycles. The summed E-state index contributed by atoms with van der Waals surface area (Å²) in [6, 6.07) is 11.4. The predicted octanol–water partition coefficient (Wildman–Crippen LogP) is 5.20. The van der Waals surface area contributed by atoms with Gasteiger partial charge in [-0.15, -0.1) is 0 Å². The zero-order valence-electron chi connectivity index (χ0n) is 20.7. The van der Waals surface area contributed by atoms with Crippen LogP contribution in [0, 0.1) is 11.3 Å². The fourth-order valence-electron chi connectivity index (χ4n) is 4.06. The van der Waals surface area contributed by atoms with Crippen molar-refractivity contribution in [3.8, 4) is 23.2 Å². The molecule has 4 rings (SSSR count). The topological polar surface area (TPSA) is 113 Å². The van der Waals surface area contributed by atoms with Gasteiger partial charge in [0.15, 0.2) is 0 Å². The van der Waals surface area contributed by atoms with E-state index in [9.17, 15) is 10.1 Å². The van der Waals surface area contributed by atoms with Crippen molar-refractivity contribution in [3.05, 3.63) is 53.9 Å². The molecule has 2 aromatic heterocycles. The molecule has 0 unspecified atom stereocenters. The smallest absolute Gasteiger partial charge is 0.414 e. The second-order valence-electron chi connectivity index (χ2n) is 9.93. The van der Waals surface area contributed by atoms with Gasteiger partial charge in [0.25, 0.3) is 0 Å². The monoisotopic (exact) mass is 472 g/mol. The molecule has 0 fully saturated rings. The molecule has 3 heterocycles. The molecule has 1 N–H and O–H groups in total. The fraction of sp³-hybridized carbons (Fsp3) is 0.346. The van der Waals surface area contributed by atoms with Crippen molar-refractivity contribution in [3.63, 3.8) is 0 Å². The molecule has 1 aliphatic rings. The lowest BCUT2D eigenvalue weighted by atomic mass is 9.85. The molecule has 3 aromatic rings. The first kappa shape index (κ1) is 24.0. The Balaban J connectivity index is 1.74. The van der Waals surface area contributed by atoms with Crippen LogP contribution in [0.1, 0.15) is 45.7 Å². The molecule has 0 saturated carbocycles. The molecule has 1 amide bonds. The predicted molar refractivity (Wildman–Crippen MR) is 133 cm³/mol. The molecule has 0 bridgehead atoms. The summed E-state index contributed by atoms with van der Waals surface area (Å²) in [6.07, 6.45) is 2.81. The van der Waals surface area contributed by atoms with Crippen molar-refractivity contribution in [2.45, 2.75) is 45.6 Å². The summed E-state index contributed by atoms with van der Waals surface area (Å²) in [5, 5.41) is 13.1. The van der Waals surface area contributed by atoms with Gasteiger partial charge in [-0.05, 0) is 56.7 Å². The molecule has 1 aromatic carbocycles. The van der Waals surface area contributed by atoms with E-state index in [0.29, 0.717) is 41.0 Å². The quantitative estimate of drug-likeness (QED) is 0.551. The van der Waals surface area contributed by atoms with Gasteiger partial charge < -0.3 is 14.8 Å². The number of pyridine rings is 1. The Morgan fingerprint density at radius 3 is 2.66 bits per heavy atom. The van der Waals surface area contributed by atoms with Gasteiger partial charge in [-0.2, -0.15) is 5.26 Å². The minimum Gasteiger partial charge on any atom is -0.480 e. The van der Waals surface area contributed by atoms with Crippen LogP contribution in [-0.2, 0) is 10.2 Å². The van der Waals surface area contributed by atoms with E-state index in [0.717, 1.165) is 11.1 Å². The van der Waals surface area contributed by atoms with Crippen LogP contribution in [0.25, 0.3) is 11.3 Å². The van der Waals surface area contributed by atoms with Crippen LogP contribution >= 0.6 is 0 Å². The highest BCUT2D eigenvalue weighted by Crippen LogP contribution is 2.45. The highest BCUT2D eigenvalue weighted by atomic mass is 16.6. The Kier molecular flexibility index (Phi) is 6.07. The number of nitrogens with zero attached hydrogens (tertiary/aromatic N) is 5. The Morgan fingerprint density at radius 2 is 1.97 bits per heavy atom. The average molecular weight is 473 g/mol. The van der Waals surface area contributed by atoms with E-state index >= 15 is 0 Å². The normalized spacial score (nSPS) is 14.1. The van der Waals surface area contributed by atoms with E-state index in [1.807, 2.05) is 46.8 Å². The van der Waals surface area contributed by atoms with E-state index in [2.05, 4.69) is 26.3 Å². The van der Waals surface area contributed by atoms with Gasteiger partial charge in [-0.3, -0.25) is 4.90 Å². The van der Waals surface area contributed by atoms with Crippen LogP contribution < -0.4 is 15.0 Å². The number of hydrogen-bond acceptors (Lipinski definition) is 8. The lowest BCUT2D eigenvalue weighted by molar-refractivity contribution is 0.0579. The second-order valence-corrected chi connectivity index (χ2v) is 9.93. The second kappa shape index (κ2) is 8.87. The lowest BCUT2D eigenvalue weighted by Crippen LogP contribution is -2.38. The van der Waals surface area contributed by atoms with Gasteiger partial charge in [-0.1, -0.05) is 13.8 Å². The number of anilines is 3. The minimum absolute atomic E-state index is 0.363. The fourth-order valence-corrected chi connectivity index (χ4v) is 4.06. The van der Waals surface area contributed by atoms with E-state index in [1.165, 1.54) is 0 Å². The van der Waals surface area contributed by atoms with Crippen LogP contribution in [0.3, 0.4) is 0 Å². The number of nitrogens with one attached hydrogen (secondary N) is 1. The number of carbonyl (C=O) groups is 1. The van der Waals surface area contributed by atoms with Gasteiger partial charge in [0.1, 0.15) is 17.4 Å². The van der Waals surface area contributed by atoms with Crippen LogP contribution in [0.2, 0.25) is 0 Å². The maximum absolute atomic E-state index is 13.0. The first-order valence-electron chi connectivity index (χ1n) is 11.2. The van der Waals surface area contributed by atoms with Gasteiger partial charge in [0.05, 0.1) is 24.1 Å². The number of amides is 1. The van der Waals surface area contributed by atoms with Gasteiger partial charge in [0, 0.05) is 29.9 Å². The molecular formula is C26H28N6O3. The lowest BCUT2D eigenvalue weighted by Gasteiger charge is -2.26. The standard InChI is InChI=1S/C26H28N6O3/c1-25(2,3)35-24(33)32-15-26(4,5)18-13-16(12-17(14-27)21(18)32)19-9-11-29-23(30-19)31-20-8-7-10-28-22(20)34-6/h7-13H,15H2,1-6H3,(H,29,30,31). The summed E-state index contributed by atoms with van der Waals surface area (Å²) in [5.74, 6) is 0.789. The summed E-state index contributed by atoms with van der Waals surface area (Å²) < 4.78 is 10.9. The maximum Gasteiger partial charge on any atom is 0.414 e. The minimum atomic E-state index is -0.641. The summed E-state index contributed by atoms with van der Waals surface area (Å²) in [7, 11) is 1.54. The molecule has 0 aliphatic carbocycles. The van der Waals surface area contributed by atoms with Crippen LogP contribution in [0.5, 0.6) is 5.88 Å². The number of hydrogen-bond donors (Lipinski definition) is 1. The maximum atomic E-state index is 13.0. The van der Waals surface area contributed by atoms with Gasteiger partial charge in [0.2, 0.25) is 11.8 Å². The number of rotatable bonds is 4. The molecule has 35 heavy (non-hydrogen) atoms. The van der Waals surface area contributed by atoms with Gasteiger partial charge in [-0.25, -0.2) is 19.7 Å². The summed E-state index contributed by atoms with van der Waals surface area (Å²) >= 11 is 0. The van der Waals surface area contributed by atoms with Crippen LogP contribution in [-0.4, -0.2) is 40.3 Å². The zero-order chi connectivity index (χ0) is 25.4. The highest BCUT2D eigenvalue weighted by Gasteiger charge is 2.41. The SMILES string of the molecule is COc1ncccc1Nc1nccc(-c2cc(C#N)c3c(c2)C(C)(C)CN3C(=O)OC(C)(C)C)n1. The Bertz CT molecular complexity index is 1320. The highest BCUT2D eigenvalue weighted by molar-refractivity contribution is 5.94. The van der Waals surface area contributed by atoms with Crippen molar-refractivity contribution < 1.29 is 14.3 Å². The van der Waals surface area contributed by atoms with Crippen LogP contribution in [0.4, 0.5) is 22.1 Å². The number of methoxy groups -OCH3 is 1. The Labute approximate surface area is 204 Å². The van der Waals surface area contributed by atoms with E-state index in [-0.39, 0.29) is 5.41 Å². The Morgan fingerprint density at radius 1 is 1.20 bits per heavy atom. The third-order valence-electron chi connectivity index (χ3n) is 5.56. The van der Waals surface area contributed by atoms with Gasteiger partial charge >= 0.3 is 6.09 Å². The number of fused-ring (bicyclic) bond motifs is 1. The molecule has 0 atom stereocenters. The van der Waals surface area contributed by atoms with Crippen molar-refractivity contribution in [2.75, 3.05) is 23.9 Å². The number of aromatic nitrogens is 3. The Hall–Kier alpha value is -4.19. The number of benzene rings is 1. The number of carbonyl (C=O) groups excluding carboxylic acids is 1. The molecule has 180 valence electrons. The molecular weight excluding hydrogens is 444 g/mol. The summed E-state index contributed by atoms with van der Waals surface area (Å²) in [6.45, 7) is 9.97. The van der Waals surface area contributed by atoms with E-state index in [4.69, 9.17) is 9.47 Å². The zero-order valence-corrected chi connectivity index (χ0v) is 20.7. The van der Waals surface area contributed by atoms with E-state index in [1.54, 1.807) is 42.6 Å². The van der Waals surface area contributed by atoms with Crippen LogP contribution in [0.15, 0.2) is 42.7 Å². The molecule has 9 heteroatoms. The van der Waals surface area contributed by atoms with Crippen molar-refractivity contribution >= 4 is 23.4 Å². The van der Waals surface area contributed by atoms with Crippen molar-refractivity contribution in [1.29, 1.82) is 5.26 Å². The number of ether oxygens (including phenoxy) is 2. The first-order chi connectivity index (χ1) is 16.5. The molecule has 0 saturated heterocycles. The van der Waals surface area contributed by atoms with E-state index < -0.39 is 11.7 Å². The third kappa shape index (κ3) is 4.87.